The second-order valence-electron chi connectivity index (χ2n) is 5.11. The Kier molecular flexibility index (Phi) is 4.83. The number of methoxy groups -OCH3 is 1. The predicted molar refractivity (Wildman–Crippen MR) is 98.3 cm³/mol. The van der Waals surface area contributed by atoms with E-state index in [4.69, 9.17) is 16.3 Å². The molecule has 3 rings (SSSR count). The molecule has 0 aliphatic rings. The number of hydrogen-bond donors (Lipinski definition) is 0. The number of carbonyl (C=O) groups excluding carboxylic acids is 1. The van der Waals surface area contributed by atoms with Gasteiger partial charge in [-0.05, 0) is 36.4 Å². The van der Waals surface area contributed by atoms with Crippen molar-refractivity contribution in [3.8, 4) is 17.0 Å². The number of ether oxygens (including phenoxy) is 1. The molecule has 0 radical (unpaired) electrons. The van der Waals surface area contributed by atoms with Crippen LogP contribution in [0.15, 0.2) is 53.9 Å². The Morgan fingerprint density at radius 2 is 1.79 bits per heavy atom. The fourth-order valence-electron chi connectivity index (χ4n) is 2.19. The summed E-state index contributed by atoms with van der Waals surface area (Å²) < 4.78 is 5.11. The van der Waals surface area contributed by atoms with E-state index in [1.165, 1.54) is 11.3 Å². The van der Waals surface area contributed by atoms with Gasteiger partial charge in [0.25, 0.3) is 5.91 Å². The maximum atomic E-state index is 12.6. The Balaban J connectivity index is 1.80. The van der Waals surface area contributed by atoms with E-state index in [1.807, 2.05) is 29.6 Å². The quantitative estimate of drug-likeness (QED) is 0.676. The van der Waals surface area contributed by atoms with Gasteiger partial charge in [0.2, 0.25) is 0 Å². The molecule has 0 N–H and O–H groups in total. The number of anilines is 1. The van der Waals surface area contributed by atoms with E-state index in [9.17, 15) is 4.79 Å². The number of amides is 1. The molecule has 6 heteroatoms. The summed E-state index contributed by atoms with van der Waals surface area (Å²) in [5.74, 6) is 0.600. The van der Waals surface area contributed by atoms with E-state index in [0.717, 1.165) is 11.3 Å². The zero-order chi connectivity index (χ0) is 17.1. The molecule has 1 amide bonds. The van der Waals surface area contributed by atoms with Crippen LogP contribution in [0.2, 0.25) is 5.02 Å². The van der Waals surface area contributed by atoms with Crippen LogP contribution < -0.4 is 9.64 Å². The molecule has 1 aromatic heterocycles. The van der Waals surface area contributed by atoms with E-state index in [2.05, 4.69) is 4.98 Å². The molecule has 0 aliphatic heterocycles. The first-order valence-corrected chi connectivity index (χ1v) is 8.48. The van der Waals surface area contributed by atoms with Gasteiger partial charge in [-0.25, -0.2) is 4.98 Å². The highest BCUT2D eigenvalue weighted by Gasteiger charge is 2.17. The normalized spacial score (nSPS) is 10.5. The fourth-order valence-corrected chi connectivity index (χ4v) is 3.11. The largest absolute Gasteiger partial charge is 0.497 e. The van der Waals surface area contributed by atoms with Crippen LogP contribution in [0.4, 0.5) is 5.13 Å². The number of benzene rings is 2. The lowest BCUT2D eigenvalue weighted by atomic mass is 10.2. The molecule has 0 saturated carbocycles. The molecular weight excluding hydrogens is 344 g/mol. The Morgan fingerprint density at radius 3 is 2.42 bits per heavy atom. The number of halogens is 1. The average Bonchev–Trinajstić information content (AvgIpc) is 3.11. The van der Waals surface area contributed by atoms with Crippen LogP contribution in [0.1, 0.15) is 10.4 Å². The van der Waals surface area contributed by atoms with Gasteiger partial charge in [0, 0.05) is 28.6 Å². The van der Waals surface area contributed by atoms with Gasteiger partial charge in [-0.15, -0.1) is 11.3 Å². The minimum absolute atomic E-state index is 0.116. The molecule has 0 aliphatic carbocycles. The predicted octanol–water partition coefficient (Wildman–Crippen LogP) is 4.75. The molecule has 122 valence electrons. The van der Waals surface area contributed by atoms with Gasteiger partial charge >= 0.3 is 0 Å². The van der Waals surface area contributed by atoms with E-state index in [1.54, 1.807) is 43.3 Å². The van der Waals surface area contributed by atoms with Crippen LogP contribution in [0.25, 0.3) is 11.3 Å². The first kappa shape index (κ1) is 16.5. The molecule has 2 aromatic carbocycles. The number of aromatic nitrogens is 1. The van der Waals surface area contributed by atoms with Gasteiger partial charge in [0.15, 0.2) is 5.13 Å². The molecular formula is C18H15ClN2O2S. The third kappa shape index (κ3) is 3.42. The molecule has 0 atom stereocenters. The number of hydrogen-bond acceptors (Lipinski definition) is 4. The average molecular weight is 359 g/mol. The Hall–Kier alpha value is -2.37. The molecule has 0 unspecified atom stereocenters. The van der Waals surface area contributed by atoms with Crippen LogP contribution in [0.3, 0.4) is 0 Å². The van der Waals surface area contributed by atoms with Crippen molar-refractivity contribution in [2.75, 3.05) is 19.1 Å². The van der Waals surface area contributed by atoms with Gasteiger partial charge < -0.3 is 4.74 Å². The lowest BCUT2D eigenvalue weighted by Crippen LogP contribution is -2.25. The van der Waals surface area contributed by atoms with E-state index in [0.29, 0.717) is 21.5 Å². The Labute approximate surface area is 149 Å². The lowest BCUT2D eigenvalue weighted by Gasteiger charge is -2.14. The van der Waals surface area contributed by atoms with Crippen LogP contribution in [0.5, 0.6) is 5.75 Å². The van der Waals surface area contributed by atoms with Crippen molar-refractivity contribution >= 4 is 34.0 Å². The van der Waals surface area contributed by atoms with Crippen molar-refractivity contribution in [1.82, 2.24) is 4.98 Å². The van der Waals surface area contributed by atoms with Crippen LogP contribution in [-0.2, 0) is 0 Å². The van der Waals surface area contributed by atoms with Crippen molar-refractivity contribution in [1.29, 1.82) is 0 Å². The summed E-state index contributed by atoms with van der Waals surface area (Å²) in [6.45, 7) is 0. The van der Waals surface area contributed by atoms with Gasteiger partial charge in [-0.3, -0.25) is 9.69 Å². The molecule has 0 bridgehead atoms. The highest BCUT2D eigenvalue weighted by atomic mass is 35.5. The van der Waals surface area contributed by atoms with Gasteiger partial charge in [-0.2, -0.15) is 0 Å². The molecule has 24 heavy (non-hydrogen) atoms. The highest BCUT2D eigenvalue weighted by molar-refractivity contribution is 7.14. The topological polar surface area (TPSA) is 42.4 Å². The maximum absolute atomic E-state index is 12.6. The second kappa shape index (κ2) is 7.03. The molecule has 0 fully saturated rings. The van der Waals surface area contributed by atoms with Crippen LogP contribution in [-0.4, -0.2) is 25.0 Å². The monoisotopic (exact) mass is 358 g/mol. The minimum atomic E-state index is -0.116. The summed E-state index contributed by atoms with van der Waals surface area (Å²) in [5, 5.41) is 3.25. The van der Waals surface area contributed by atoms with Crippen molar-refractivity contribution in [3.05, 3.63) is 64.5 Å². The van der Waals surface area contributed by atoms with Crippen LogP contribution in [0, 0.1) is 0 Å². The maximum Gasteiger partial charge on any atom is 0.259 e. The van der Waals surface area contributed by atoms with E-state index < -0.39 is 0 Å². The highest BCUT2D eigenvalue weighted by Crippen LogP contribution is 2.28. The SMILES string of the molecule is COc1ccc(C(=O)N(C)c2nc(-c3ccc(Cl)cc3)cs2)cc1. The zero-order valence-electron chi connectivity index (χ0n) is 13.2. The third-order valence-corrected chi connectivity index (χ3v) is 4.73. The second-order valence-corrected chi connectivity index (χ2v) is 6.39. The molecule has 0 spiro atoms. The Morgan fingerprint density at radius 1 is 1.12 bits per heavy atom. The summed E-state index contributed by atoms with van der Waals surface area (Å²) in [5.41, 5.74) is 2.37. The zero-order valence-corrected chi connectivity index (χ0v) is 14.8. The fraction of sp³-hybridized carbons (Fsp3) is 0.111. The van der Waals surface area contributed by atoms with E-state index in [-0.39, 0.29) is 5.91 Å². The third-order valence-electron chi connectivity index (χ3n) is 3.56. The molecule has 4 nitrogen and oxygen atoms in total. The molecule has 3 aromatic rings. The minimum Gasteiger partial charge on any atom is -0.497 e. The number of nitrogens with zero attached hydrogens (tertiary/aromatic N) is 2. The van der Waals surface area contributed by atoms with Gasteiger partial charge in [-0.1, -0.05) is 23.7 Å². The first-order valence-electron chi connectivity index (χ1n) is 7.22. The summed E-state index contributed by atoms with van der Waals surface area (Å²) in [4.78, 5) is 18.7. The van der Waals surface area contributed by atoms with E-state index >= 15 is 0 Å². The van der Waals surface area contributed by atoms with Crippen molar-refractivity contribution in [3.63, 3.8) is 0 Å². The summed E-state index contributed by atoms with van der Waals surface area (Å²) >= 11 is 7.33. The summed E-state index contributed by atoms with van der Waals surface area (Å²) in [6, 6.07) is 14.5. The summed E-state index contributed by atoms with van der Waals surface area (Å²) in [6.07, 6.45) is 0. The standard InChI is InChI=1S/C18H15ClN2O2S/c1-21(17(22)13-5-9-15(23-2)10-6-13)18-20-16(11-24-18)12-3-7-14(19)8-4-12/h3-11H,1-2H3. The number of carbonyl (C=O) groups is 1. The Bertz CT molecular complexity index is 844. The first-order chi connectivity index (χ1) is 11.6. The molecule has 0 saturated heterocycles. The number of rotatable bonds is 4. The van der Waals surface area contributed by atoms with Gasteiger partial charge in [0.1, 0.15) is 5.75 Å². The molecule has 1 heterocycles. The smallest absolute Gasteiger partial charge is 0.259 e. The number of thiazole rings is 1. The summed E-state index contributed by atoms with van der Waals surface area (Å²) in [7, 11) is 3.31. The lowest BCUT2D eigenvalue weighted by molar-refractivity contribution is 0.0993. The van der Waals surface area contributed by atoms with Gasteiger partial charge in [0.05, 0.1) is 12.8 Å². The van der Waals surface area contributed by atoms with Crippen molar-refractivity contribution in [2.45, 2.75) is 0 Å². The van der Waals surface area contributed by atoms with Crippen molar-refractivity contribution in [2.24, 2.45) is 0 Å². The van der Waals surface area contributed by atoms with Crippen LogP contribution >= 0.6 is 22.9 Å². The van der Waals surface area contributed by atoms with Crippen molar-refractivity contribution < 1.29 is 9.53 Å².